The van der Waals surface area contributed by atoms with E-state index in [9.17, 15) is 4.79 Å². The van der Waals surface area contributed by atoms with Gasteiger partial charge in [0.25, 0.3) is 0 Å². The Kier molecular flexibility index (Phi) is 2.85. The molecule has 0 aromatic heterocycles. The highest BCUT2D eigenvalue weighted by atomic mass is 16.1. The van der Waals surface area contributed by atoms with Crippen molar-refractivity contribution >= 4 is 5.78 Å². The predicted octanol–water partition coefficient (Wildman–Crippen LogP) is 5.07. The molecule has 0 saturated heterocycles. The highest BCUT2D eigenvalue weighted by Crippen LogP contribution is 2.66. The Balaban J connectivity index is 1.70. The number of hydrogen-bond donors (Lipinski definition) is 0. The molecule has 1 heteroatoms. The van der Waals surface area contributed by atoms with Crippen LogP contribution < -0.4 is 0 Å². The molecule has 0 spiro atoms. The van der Waals surface area contributed by atoms with Crippen LogP contribution in [-0.4, -0.2) is 5.78 Å². The lowest BCUT2D eigenvalue weighted by Crippen LogP contribution is -2.49. The van der Waals surface area contributed by atoms with E-state index in [0.29, 0.717) is 16.6 Å². The molecule has 0 aliphatic heterocycles. The molecule has 4 aliphatic carbocycles. The molecule has 0 N–H and O–H groups in total. The van der Waals surface area contributed by atoms with Gasteiger partial charge in [-0.3, -0.25) is 4.79 Å². The lowest BCUT2D eigenvalue weighted by molar-refractivity contribution is -0.117. The van der Waals surface area contributed by atoms with Crippen LogP contribution in [-0.2, 0) is 4.79 Å². The van der Waals surface area contributed by atoms with Crippen LogP contribution in [0.2, 0.25) is 0 Å². The summed E-state index contributed by atoms with van der Waals surface area (Å²) in [7, 11) is 0. The zero-order chi connectivity index (χ0) is 14.8. The number of fused-ring (bicyclic) bond motifs is 5. The van der Waals surface area contributed by atoms with Crippen molar-refractivity contribution in [3.05, 3.63) is 23.8 Å². The number of hydrogen-bond acceptors (Lipinski definition) is 1. The highest BCUT2D eigenvalue weighted by molar-refractivity contribution is 5.91. The maximum absolute atomic E-state index is 11.8. The molecular weight excluding hydrogens is 256 g/mol. The molecule has 0 radical (unpaired) electrons. The van der Waals surface area contributed by atoms with Gasteiger partial charge in [-0.25, -0.2) is 0 Å². The first-order valence-electron chi connectivity index (χ1n) is 8.87. The molecule has 5 atom stereocenters. The van der Waals surface area contributed by atoms with E-state index in [0.717, 1.165) is 30.6 Å². The maximum Gasteiger partial charge on any atom is 0.155 e. The van der Waals surface area contributed by atoms with Crippen molar-refractivity contribution < 1.29 is 4.79 Å². The van der Waals surface area contributed by atoms with Crippen LogP contribution >= 0.6 is 0 Å². The van der Waals surface area contributed by atoms with Crippen LogP contribution in [0.5, 0.6) is 0 Å². The first-order chi connectivity index (χ1) is 9.95. The molecule has 114 valence electrons. The Morgan fingerprint density at radius 3 is 2.57 bits per heavy atom. The van der Waals surface area contributed by atoms with Crippen LogP contribution in [0.4, 0.5) is 0 Å². The van der Waals surface area contributed by atoms with Gasteiger partial charge in [0.15, 0.2) is 5.78 Å². The van der Waals surface area contributed by atoms with Gasteiger partial charge >= 0.3 is 0 Å². The monoisotopic (exact) mass is 284 g/mol. The van der Waals surface area contributed by atoms with Gasteiger partial charge in [0.1, 0.15) is 0 Å². The summed E-state index contributed by atoms with van der Waals surface area (Å²) in [6, 6.07) is 0. The molecule has 0 heterocycles. The minimum absolute atomic E-state index is 0.322. The van der Waals surface area contributed by atoms with Crippen LogP contribution in [0.3, 0.4) is 0 Å². The number of allylic oxidation sites excluding steroid dienone is 2. The molecule has 0 amide bonds. The molecule has 4 aliphatic rings. The van der Waals surface area contributed by atoms with Gasteiger partial charge < -0.3 is 0 Å². The summed E-state index contributed by atoms with van der Waals surface area (Å²) in [4.78, 5) is 11.8. The normalized spacial score (nSPS) is 49.2. The standard InChI is InChI=1S/C20H28O/c1-13-4-7-17-16-6-5-14-12-15(21)8-10-20(14,3)18(16)9-11-19(13,17)2/h12,16-18H,1,4-11H2,2-3H3/t16-,17?,18?,19+,20-/m0/s1. The van der Waals surface area contributed by atoms with E-state index in [1.54, 1.807) is 0 Å². The van der Waals surface area contributed by atoms with Crippen molar-refractivity contribution in [2.45, 2.75) is 65.2 Å². The lowest BCUT2D eigenvalue weighted by atomic mass is 9.47. The van der Waals surface area contributed by atoms with Crippen molar-refractivity contribution in [3.63, 3.8) is 0 Å². The first kappa shape index (κ1) is 13.8. The maximum atomic E-state index is 11.8. The second kappa shape index (κ2) is 4.33. The van der Waals surface area contributed by atoms with E-state index in [1.807, 2.05) is 6.08 Å². The summed E-state index contributed by atoms with van der Waals surface area (Å²) in [6.45, 7) is 9.35. The predicted molar refractivity (Wildman–Crippen MR) is 85.9 cm³/mol. The fourth-order valence-electron chi connectivity index (χ4n) is 6.47. The largest absolute Gasteiger partial charge is 0.295 e. The minimum atomic E-state index is 0.322. The van der Waals surface area contributed by atoms with Crippen molar-refractivity contribution in [2.24, 2.45) is 28.6 Å². The number of ketones is 1. The van der Waals surface area contributed by atoms with Crippen molar-refractivity contribution in [1.82, 2.24) is 0 Å². The topological polar surface area (TPSA) is 17.1 Å². The van der Waals surface area contributed by atoms with Gasteiger partial charge in [-0.2, -0.15) is 0 Å². The lowest BCUT2D eigenvalue weighted by Gasteiger charge is -2.57. The van der Waals surface area contributed by atoms with E-state index < -0.39 is 0 Å². The summed E-state index contributed by atoms with van der Waals surface area (Å²) < 4.78 is 0. The molecule has 0 aromatic carbocycles. The van der Waals surface area contributed by atoms with Gasteiger partial charge in [-0.15, -0.1) is 0 Å². The molecule has 1 nitrogen and oxygen atoms in total. The molecule has 4 rings (SSSR count). The number of carbonyl (C=O) groups excluding carboxylic acids is 1. The summed E-state index contributed by atoms with van der Waals surface area (Å²) in [6.07, 6.45) is 11.7. The summed E-state index contributed by atoms with van der Waals surface area (Å²) in [5, 5.41) is 0. The van der Waals surface area contributed by atoms with E-state index in [-0.39, 0.29) is 0 Å². The Morgan fingerprint density at radius 1 is 1.00 bits per heavy atom. The third kappa shape index (κ3) is 1.72. The van der Waals surface area contributed by atoms with Gasteiger partial charge in [0.05, 0.1) is 0 Å². The van der Waals surface area contributed by atoms with Crippen molar-refractivity contribution in [2.75, 3.05) is 0 Å². The second-order valence-electron chi connectivity index (χ2n) is 8.57. The SMILES string of the molecule is C=C1CCC2[C@@H]3CCC4=CC(=O)CC[C@]4(C)C3CC[C@]12C. The Hall–Kier alpha value is -0.850. The van der Waals surface area contributed by atoms with E-state index in [1.165, 1.54) is 49.7 Å². The summed E-state index contributed by atoms with van der Waals surface area (Å²) in [5.41, 5.74) is 3.75. The fraction of sp³-hybridized carbons (Fsp3) is 0.750. The highest BCUT2D eigenvalue weighted by Gasteiger charge is 2.57. The second-order valence-corrected chi connectivity index (χ2v) is 8.57. The zero-order valence-corrected chi connectivity index (χ0v) is 13.6. The molecule has 2 unspecified atom stereocenters. The average Bonchev–Trinajstić information content (AvgIpc) is 2.76. The number of carbonyl (C=O) groups is 1. The molecule has 3 fully saturated rings. The smallest absolute Gasteiger partial charge is 0.155 e. The summed E-state index contributed by atoms with van der Waals surface area (Å²) >= 11 is 0. The molecule has 0 aromatic rings. The zero-order valence-electron chi connectivity index (χ0n) is 13.6. The van der Waals surface area contributed by atoms with Gasteiger partial charge in [-0.05, 0) is 79.6 Å². The quantitative estimate of drug-likeness (QED) is 0.567. The first-order valence-corrected chi connectivity index (χ1v) is 8.87. The third-order valence-electron chi connectivity index (χ3n) is 7.92. The average molecular weight is 284 g/mol. The summed E-state index contributed by atoms with van der Waals surface area (Å²) in [5.74, 6) is 2.92. The van der Waals surface area contributed by atoms with Crippen molar-refractivity contribution in [1.29, 1.82) is 0 Å². The Labute approximate surface area is 128 Å². The van der Waals surface area contributed by atoms with Gasteiger partial charge in [-0.1, -0.05) is 31.6 Å². The molecular formula is C20H28O. The van der Waals surface area contributed by atoms with Crippen LogP contribution in [0.15, 0.2) is 23.8 Å². The van der Waals surface area contributed by atoms with E-state index >= 15 is 0 Å². The third-order valence-corrected chi connectivity index (χ3v) is 7.92. The Morgan fingerprint density at radius 2 is 1.76 bits per heavy atom. The van der Waals surface area contributed by atoms with E-state index in [2.05, 4.69) is 20.4 Å². The van der Waals surface area contributed by atoms with Crippen molar-refractivity contribution in [3.8, 4) is 0 Å². The van der Waals surface area contributed by atoms with Crippen LogP contribution in [0.25, 0.3) is 0 Å². The molecule has 21 heavy (non-hydrogen) atoms. The van der Waals surface area contributed by atoms with Gasteiger partial charge in [0, 0.05) is 6.42 Å². The molecule has 3 saturated carbocycles. The number of rotatable bonds is 0. The van der Waals surface area contributed by atoms with Crippen LogP contribution in [0, 0.1) is 28.6 Å². The van der Waals surface area contributed by atoms with E-state index in [4.69, 9.17) is 0 Å². The van der Waals surface area contributed by atoms with Crippen LogP contribution in [0.1, 0.15) is 65.2 Å². The molecule has 0 bridgehead atoms. The van der Waals surface area contributed by atoms with Gasteiger partial charge in [0.2, 0.25) is 0 Å². The Bertz CT molecular complexity index is 542. The fourth-order valence-corrected chi connectivity index (χ4v) is 6.47. The minimum Gasteiger partial charge on any atom is -0.295 e.